The molecule has 1 aromatic rings. The summed E-state index contributed by atoms with van der Waals surface area (Å²) in [4.78, 5) is 16.0. The van der Waals surface area contributed by atoms with Crippen molar-refractivity contribution in [3.8, 4) is 0 Å². The molecule has 0 saturated carbocycles. The number of likely N-dealkylation sites (tertiary alicyclic amines) is 1. The quantitative estimate of drug-likeness (QED) is 0.782. The molecule has 2 aliphatic heterocycles. The third-order valence-corrected chi connectivity index (χ3v) is 3.88. The Hall–Kier alpha value is -1.75. The number of rotatable bonds is 1. The molecule has 2 N–H and O–H groups in total. The Bertz CT molecular complexity index is 505. The topological polar surface area (TPSA) is 58.8 Å². The van der Waals surface area contributed by atoms with Gasteiger partial charge in [0.25, 0.3) is 0 Å². The van der Waals surface area contributed by atoms with Crippen molar-refractivity contribution in [2.45, 2.75) is 18.4 Å². The van der Waals surface area contributed by atoms with Crippen LogP contribution in [0.3, 0.4) is 0 Å². The molecular weight excluding hydrogens is 242 g/mol. The van der Waals surface area contributed by atoms with E-state index in [0.29, 0.717) is 12.2 Å². The molecule has 0 aliphatic carbocycles. The lowest BCUT2D eigenvalue weighted by Crippen LogP contribution is -2.49. The third kappa shape index (κ3) is 2.26. The van der Waals surface area contributed by atoms with Crippen molar-refractivity contribution in [3.05, 3.63) is 24.3 Å². The molecule has 2 aliphatic rings. The number of piperidine rings is 1. The largest absolute Gasteiger partial charge is 0.439 e. The number of nitrogens with zero attached hydrogens (tertiary/aromatic N) is 2. The van der Waals surface area contributed by atoms with Crippen molar-refractivity contribution in [2.75, 3.05) is 37.3 Å². The molecular formula is C14H19N3O2. The van der Waals surface area contributed by atoms with Gasteiger partial charge in [-0.1, -0.05) is 6.07 Å². The number of benzene rings is 1. The van der Waals surface area contributed by atoms with Crippen molar-refractivity contribution in [1.29, 1.82) is 0 Å². The van der Waals surface area contributed by atoms with Gasteiger partial charge in [0.1, 0.15) is 5.60 Å². The van der Waals surface area contributed by atoms with Crippen molar-refractivity contribution in [1.82, 2.24) is 4.90 Å². The number of hydrogen-bond acceptors (Lipinski definition) is 4. The van der Waals surface area contributed by atoms with Crippen LogP contribution >= 0.6 is 0 Å². The van der Waals surface area contributed by atoms with E-state index in [1.54, 1.807) is 4.90 Å². The highest BCUT2D eigenvalue weighted by Crippen LogP contribution is 2.34. The molecule has 0 radical (unpaired) electrons. The van der Waals surface area contributed by atoms with Crippen LogP contribution in [0.5, 0.6) is 0 Å². The smallest absolute Gasteiger partial charge is 0.415 e. The lowest BCUT2D eigenvalue weighted by Gasteiger charge is -2.36. The average Bonchev–Trinajstić information content (AvgIpc) is 2.65. The van der Waals surface area contributed by atoms with Crippen molar-refractivity contribution in [3.63, 3.8) is 0 Å². The number of ether oxygens (including phenoxy) is 1. The molecule has 0 aromatic heterocycles. The summed E-state index contributed by atoms with van der Waals surface area (Å²) in [6.45, 7) is 2.48. The van der Waals surface area contributed by atoms with Crippen LogP contribution in [0.25, 0.3) is 0 Å². The summed E-state index contributed by atoms with van der Waals surface area (Å²) in [6.07, 6.45) is 1.73. The molecule has 2 heterocycles. The maximum absolute atomic E-state index is 12.1. The van der Waals surface area contributed by atoms with Gasteiger partial charge in [0.15, 0.2) is 0 Å². The molecule has 1 atom stereocenters. The minimum Gasteiger partial charge on any atom is -0.439 e. The number of carbonyl (C=O) groups excluding carboxylic acids is 1. The lowest BCUT2D eigenvalue weighted by molar-refractivity contribution is -0.000385. The monoisotopic (exact) mass is 261 g/mol. The summed E-state index contributed by atoms with van der Waals surface area (Å²) in [7, 11) is 2.07. The number of anilines is 2. The summed E-state index contributed by atoms with van der Waals surface area (Å²) in [6, 6.07) is 7.38. The second-order valence-corrected chi connectivity index (χ2v) is 5.57. The first kappa shape index (κ1) is 12.3. The van der Waals surface area contributed by atoms with Crippen molar-refractivity contribution in [2.24, 2.45) is 0 Å². The Morgan fingerprint density at radius 1 is 1.37 bits per heavy atom. The lowest BCUT2D eigenvalue weighted by atomic mass is 9.93. The molecule has 5 nitrogen and oxygen atoms in total. The molecule has 19 heavy (non-hydrogen) atoms. The van der Waals surface area contributed by atoms with E-state index in [2.05, 4.69) is 11.9 Å². The molecule has 1 spiro atoms. The Kier molecular flexibility index (Phi) is 2.86. The van der Waals surface area contributed by atoms with Crippen LogP contribution in [0.1, 0.15) is 12.8 Å². The zero-order valence-corrected chi connectivity index (χ0v) is 11.1. The molecule has 3 rings (SSSR count). The second-order valence-electron chi connectivity index (χ2n) is 5.57. The maximum atomic E-state index is 12.1. The number of hydrogen-bond donors (Lipinski definition) is 1. The van der Waals surface area contributed by atoms with Crippen molar-refractivity contribution < 1.29 is 9.53 Å². The van der Waals surface area contributed by atoms with E-state index in [0.717, 1.165) is 31.6 Å². The number of likely N-dealkylation sites (N-methyl/N-ethyl adjacent to an activating group) is 1. The van der Waals surface area contributed by atoms with E-state index >= 15 is 0 Å². The SMILES string of the molecule is CN1CCCC2(C1)CN(c1cccc(N)c1)C(=O)O2. The zero-order valence-electron chi connectivity index (χ0n) is 11.1. The Balaban J connectivity index is 1.84. The van der Waals surface area contributed by atoms with Gasteiger partial charge < -0.3 is 15.4 Å². The molecule has 0 bridgehead atoms. The fourth-order valence-electron chi connectivity index (χ4n) is 3.05. The van der Waals surface area contributed by atoms with E-state index in [-0.39, 0.29) is 11.7 Å². The van der Waals surface area contributed by atoms with Crippen molar-refractivity contribution >= 4 is 17.5 Å². The predicted molar refractivity (Wildman–Crippen MR) is 74.1 cm³/mol. The summed E-state index contributed by atoms with van der Waals surface area (Å²) in [5, 5.41) is 0. The number of carbonyl (C=O) groups is 1. The van der Waals surface area contributed by atoms with Crippen LogP contribution in [0.2, 0.25) is 0 Å². The van der Waals surface area contributed by atoms with E-state index in [1.165, 1.54) is 0 Å². The average molecular weight is 261 g/mol. The Morgan fingerprint density at radius 3 is 2.95 bits per heavy atom. The van der Waals surface area contributed by atoms with Gasteiger partial charge in [0.2, 0.25) is 0 Å². The predicted octanol–water partition coefficient (Wildman–Crippen LogP) is 1.69. The molecule has 1 unspecified atom stereocenters. The van der Waals surface area contributed by atoms with Crippen LogP contribution in [0, 0.1) is 0 Å². The van der Waals surface area contributed by atoms with Gasteiger partial charge in [0.05, 0.1) is 6.54 Å². The van der Waals surface area contributed by atoms with Gasteiger partial charge in [-0.2, -0.15) is 0 Å². The zero-order chi connectivity index (χ0) is 13.5. The summed E-state index contributed by atoms with van der Waals surface area (Å²) in [5.41, 5.74) is 6.90. The van der Waals surface area contributed by atoms with Gasteiger partial charge in [-0.25, -0.2) is 4.79 Å². The standard InChI is InChI=1S/C14H19N3O2/c1-16-7-3-6-14(9-16)10-17(13(18)19-14)12-5-2-4-11(15)8-12/h2,4-5,8H,3,6-7,9-10,15H2,1H3. The number of nitrogens with two attached hydrogens (primary N) is 1. The molecule has 1 aromatic carbocycles. The first-order valence-corrected chi connectivity index (χ1v) is 6.63. The van der Waals surface area contributed by atoms with Crippen LogP contribution in [0.15, 0.2) is 24.3 Å². The fraction of sp³-hybridized carbons (Fsp3) is 0.500. The number of nitrogen functional groups attached to an aromatic ring is 1. The van der Waals surface area contributed by atoms with E-state index in [1.807, 2.05) is 24.3 Å². The highest BCUT2D eigenvalue weighted by atomic mass is 16.6. The molecule has 2 saturated heterocycles. The molecule has 102 valence electrons. The first-order chi connectivity index (χ1) is 9.08. The summed E-state index contributed by atoms with van der Waals surface area (Å²) >= 11 is 0. The van der Waals surface area contributed by atoms with Crippen LogP contribution in [-0.2, 0) is 4.74 Å². The van der Waals surface area contributed by atoms with Gasteiger partial charge in [-0.15, -0.1) is 0 Å². The van der Waals surface area contributed by atoms with Gasteiger partial charge >= 0.3 is 6.09 Å². The minimum absolute atomic E-state index is 0.263. The van der Waals surface area contributed by atoms with Crippen LogP contribution < -0.4 is 10.6 Å². The van der Waals surface area contributed by atoms with E-state index in [9.17, 15) is 4.79 Å². The number of amides is 1. The van der Waals surface area contributed by atoms with Gasteiger partial charge in [-0.3, -0.25) is 4.90 Å². The second kappa shape index (κ2) is 4.42. The maximum Gasteiger partial charge on any atom is 0.415 e. The van der Waals surface area contributed by atoms with E-state index in [4.69, 9.17) is 10.5 Å². The first-order valence-electron chi connectivity index (χ1n) is 6.63. The normalized spacial score (nSPS) is 27.8. The summed E-state index contributed by atoms with van der Waals surface area (Å²) in [5.74, 6) is 0. The van der Waals surface area contributed by atoms with Gasteiger partial charge in [-0.05, 0) is 44.6 Å². The highest BCUT2D eigenvalue weighted by molar-refractivity contribution is 5.90. The summed E-state index contributed by atoms with van der Waals surface area (Å²) < 4.78 is 5.67. The van der Waals surface area contributed by atoms with Crippen LogP contribution in [0.4, 0.5) is 16.2 Å². The fourth-order valence-corrected chi connectivity index (χ4v) is 3.05. The van der Waals surface area contributed by atoms with Gasteiger partial charge in [0, 0.05) is 17.9 Å². The third-order valence-electron chi connectivity index (χ3n) is 3.88. The minimum atomic E-state index is -0.352. The Morgan fingerprint density at radius 2 is 2.21 bits per heavy atom. The van der Waals surface area contributed by atoms with Crippen LogP contribution in [-0.4, -0.2) is 43.3 Å². The molecule has 2 fully saturated rings. The molecule has 5 heteroatoms. The molecule has 1 amide bonds. The van der Waals surface area contributed by atoms with E-state index < -0.39 is 0 Å². The highest BCUT2D eigenvalue weighted by Gasteiger charge is 2.47. The Labute approximate surface area is 112 Å².